The zero-order valence-electron chi connectivity index (χ0n) is 14.8. The molecule has 0 aliphatic heterocycles. The van der Waals surface area contributed by atoms with Crippen LogP contribution in [0.15, 0.2) is 18.2 Å². The quantitative estimate of drug-likeness (QED) is 0.665. The number of ether oxygens (including phenoxy) is 2. The standard InChI is InChI=1S/C18H28N2O3.ClH/c1-4-5-6-11-23-15-8-7-14(12-16(15)22-3)13(2)20-17(21)18(19)9-10-18;/h7-8,12-13H,4-6,9-11,19H2,1-3H3,(H,20,21);1H. The van der Waals surface area contributed by atoms with Crippen molar-refractivity contribution < 1.29 is 14.3 Å². The van der Waals surface area contributed by atoms with Crippen molar-refractivity contribution in [1.29, 1.82) is 0 Å². The second-order valence-electron chi connectivity index (χ2n) is 6.32. The molecule has 0 radical (unpaired) electrons. The van der Waals surface area contributed by atoms with Gasteiger partial charge in [0.15, 0.2) is 11.5 Å². The number of carbonyl (C=O) groups excluding carboxylic acids is 1. The Kier molecular flexibility index (Phi) is 7.84. The minimum absolute atomic E-state index is 0. The number of carbonyl (C=O) groups is 1. The molecule has 1 amide bonds. The molecule has 1 saturated carbocycles. The van der Waals surface area contributed by atoms with E-state index in [0.29, 0.717) is 12.4 Å². The molecule has 1 aliphatic rings. The number of rotatable bonds is 9. The Labute approximate surface area is 150 Å². The number of nitrogens with one attached hydrogen (secondary N) is 1. The van der Waals surface area contributed by atoms with E-state index < -0.39 is 5.54 Å². The third-order valence-electron chi connectivity index (χ3n) is 4.28. The van der Waals surface area contributed by atoms with Gasteiger partial charge in [0, 0.05) is 0 Å². The first kappa shape index (κ1) is 20.6. The summed E-state index contributed by atoms with van der Waals surface area (Å²) in [6.07, 6.45) is 4.88. The first-order valence-electron chi connectivity index (χ1n) is 8.40. The molecule has 1 aromatic rings. The van der Waals surface area contributed by atoms with Crippen LogP contribution in [0.2, 0.25) is 0 Å². The predicted molar refractivity (Wildman–Crippen MR) is 98.0 cm³/mol. The summed E-state index contributed by atoms with van der Waals surface area (Å²) in [6, 6.07) is 5.65. The molecule has 1 fully saturated rings. The van der Waals surface area contributed by atoms with E-state index in [2.05, 4.69) is 12.2 Å². The minimum Gasteiger partial charge on any atom is -0.493 e. The van der Waals surface area contributed by atoms with Crippen LogP contribution in [-0.2, 0) is 4.79 Å². The van der Waals surface area contributed by atoms with Crippen LogP contribution < -0.4 is 20.5 Å². The fourth-order valence-corrected chi connectivity index (χ4v) is 2.39. The number of hydrogen-bond donors (Lipinski definition) is 2. The van der Waals surface area contributed by atoms with Gasteiger partial charge in [-0.15, -0.1) is 12.4 Å². The fraction of sp³-hybridized carbons (Fsp3) is 0.611. The third-order valence-corrected chi connectivity index (χ3v) is 4.28. The number of halogens is 1. The molecule has 136 valence electrons. The molecular weight excluding hydrogens is 328 g/mol. The van der Waals surface area contributed by atoms with E-state index in [1.807, 2.05) is 25.1 Å². The normalized spacial score (nSPS) is 15.8. The van der Waals surface area contributed by atoms with Crippen molar-refractivity contribution in [3.05, 3.63) is 23.8 Å². The summed E-state index contributed by atoms with van der Waals surface area (Å²) in [5.41, 5.74) is 6.24. The Bertz CT molecular complexity index is 547. The summed E-state index contributed by atoms with van der Waals surface area (Å²) in [5.74, 6) is 1.35. The topological polar surface area (TPSA) is 73.6 Å². The Morgan fingerprint density at radius 1 is 1.33 bits per heavy atom. The number of amides is 1. The molecule has 1 aliphatic carbocycles. The van der Waals surface area contributed by atoms with Crippen LogP contribution in [-0.4, -0.2) is 25.2 Å². The fourth-order valence-electron chi connectivity index (χ4n) is 2.39. The Morgan fingerprint density at radius 2 is 2.04 bits per heavy atom. The summed E-state index contributed by atoms with van der Waals surface area (Å²) >= 11 is 0. The SMILES string of the molecule is CCCCCOc1ccc(C(C)NC(=O)C2(N)CC2)cc1OC.Cl. The van der Waals surface area contributed by atoms with Gasteiger partial charge in [-0.25, -0.2) is 0 Å². The highest BCUT2D eigenvalue weighted by molar-refractivity contribution is 5.89. The Morgan fingerprint density at radius 3 is 2.62 bits per heavy atom. The van der Waals surface area contributed by atoms with Crippen molar-refractivity contribution in [2.24, 2.45) is 5.73 Å². The van der Waals surface area contributed by atoms with Gasteiger partial charge in [0.1, 0.15) is 0 Å². The lowest BCUT2D eigenvalue weighted by Crippen LogP contribution is -2.43. The average Bonchev–Trinajstić information content (AvgIpc) is 3.30. The molecule has 0 bridgehead atoms. The zero-order valence-corrected chi connectivity index (χ0v) is 15.6. The Hall–Kier alpha value is -1.46. The first-order chi connectivity index (χ1) is 11.0. The number of benzene rings is 1. The molecule has 24 heavy (non-hydrogen) atoms. The van der Waals surface area contributed by atoms with Gasteiger partial charge < -0.3 is 20.5 Å². The lowest BCUT2D eigenvalue weighted by Gasteiger charge is -2.19. The maximum Gasteiger partial charge on any atom is 0.240 e. The zero-order chi connectivity index (χ0) is 16.9. The van der Waals surface area contributed by atoms with E-state index >= 15 is 0 Å². The smallest absolute Gasteiger partial charge is 0.240 e. The highest BCUT2D eigenvalue weighted by Crippen LogP contribution is 2.34. The van der Waals surface area contributed by atoms with Crippen LogP contribution in [0.25, 0.3) is 0 Å². The molecule has 1 unspecified atom stereocenters. The van der Waals surface area contributed by atoms with E-state index in [-0.39, 0.29) is 24.4 Å². The maximum absolute atomic E-state index is 12.0. The van der Waals surface area contributed by atoms with Crippen molar-refractivity contribution in [3.8, 4) is 11.5 Å². The van der Waals surface area contributed by atoms with Gasteiger partial charge in [0.05, 0.1) is 25.3 Å². The average molecular weight is 357 g/mol. The Balaban J connectivity index is 0.00000288. The van der Waals surface area contributed by atoms with E-state index in [4.69, 9.17) is 15.2 Å². The lowest BCUT2D eigenvalue weighted by molar-refractivity contribution is -0.123. The van der Waals surface area contributed by atoms with Gasteiger partial charge in [0.2, 0.25) is 5.91 Å². The molecule has 2 rings (SSSR count). The van der Waals surface area contributed by atoms with Crippen LogP contribution in [0.5, 0.6) is 11.5 Å². The molecule has 0 aromatic heterocycles. The molecule has 0 saturated heterocycles. The lowest BCUT2D eigenvalue weighted by atomic mass is 10.1. The van der Waals surface area contributed by atoms with Gasteiger partial charge in [-0.1, -0.05) is 25.8 Å². The number of unbranched alkanes of at least 4 members (excludes halogenated alkanes) is 2. The number of hydrogen-bond acceptors (Lipinski definition) is 4. The highest BCUT2D eigenvalue weighted by atomic mass is 35.5. The van der Waals surface area contributed by atoms with Crippen molar-refractivity contribution in [2.75, 3.05) is 13.7 Å². The summed E-state index contributed by atoms with van der Waals surface area (Å²) in [4.78, 5) is 12.0. The predicted octanol–water partition coefficient (Wildman–Crippen LogP) is 3.35. The van der Waals surface area contributed by atoms with E-state index in [1.54, 1.807) is 7.11 Å². The monoisotopic (exact) mass is 356 g/mol. The summed E-state index contributed by atoms with van der Waals surface area (Å²) in [5, 5.41) is 2.97. The molecule has 5 nitrogen and oxygen atoms in total. The molecule has 1 atom stereocenters. The molecule has 1 aromatic carbocycles. The van der Waals surface area contributed by atoms with Crippen molar-refractivity contribution in [3.63, 3.8) is 0 Å². The van der Waals surface area contributed by atoms with Crippen molar-refractivity contribution in [1.82, 2.24) is 5.32 Å². The molecule has 3 N–H and O–H groups in total. The van der Waals surface area contributed by atoms with Crippen molar-refractivity contribution >= 4 is 18.3 Å². The largest absolute Gasteiger partial charge is 0.493 e. The minimum atomic E-state index is -0.652. The molecule has 6 heteroatoms. The second kappa shape index (κ2) is 9.14. The summed E-state index contributed by atoms with van der Waals surface area (Å²) in [6.45, 7) is 4.80. The number of nitrogens with two attached hydrogens (primary N) is 1. The van der Waals surface area contributed by atoms with Gasteiger partial charge in [-0.2, -0.15) is 0 Å². The van der Waals surface area contributed by atoms with Gasteiger partial charge in [0.25, 0.3) is 0 Å². The molecule has 0 spiro atoms. The first-order valence-corrected chi connectivity index (χ1v) is 8.40. The summed E-state index contributed by atoms with van der Waals surface area (Å²) in [7, 11) is 1.63. The van der Waals surface area contributed by atoms with Gasteiger partial charge in [-0.3, -0.25) is 4.79 Å². The highest BCUT2D eigenvalue weighted by Gasteiger charge is 2.46. The third kappa shape index (κ3) is 5.28. The van der Waals surface area contributed by atoms with E-state index in [0.717, 1.165) is 37.0 Å². The van der Waals surface area contributed by atoms with Gasteiger partial charge in [-0.05, 0) is 43.9 Å². The van der Waals surface area contributed by atoms with Crippen molar-refractivity contribution in [2.45, 2.75) is 57.5 Å². The van der Waals surface area contributed by atoms with Crippen LogP contribution in [0.1, 0.15) is 57.6 Å². The van der Waals surface area contributed by atoms with E-state index in [1.165, 1.54) is 6.42 Å². The molecule has 0 heterocycles. The molecular formula is C18H29ClN2O3. The maximum atomic E-state index is 12.0. The van der Waals surface area contributed by atoms with E-state index in [9.17, 15) is 4.79 Å². The van der Waals surface area contributed by atoms with Crippen LogP contribution in [0.4, 0.5) is 0 Å². The van der Waals surface area contributed by atoms with Crippen LogP contribution in [0.3, 0.4) is 0 Å². The second-order valence-corrected chi connectivity index (χ2v) is 6.32. The van der Waals surface area contributed by atoms with Crippen LogP contribution >= 0.6 is 12.4 Å². The van der Waals surface area contributed by atoms with Crippen LogP contribution in [0, 0.1) is 0 Å². The summed E-state index contributed by atoms with van der Waals surface area (Å²) < 4.78 is 11.2. The van der Waals surface area contributed by atoms with Gasteiger partial charge >= 0.3 is 0 Å². The number of methoxy groups -OCH3 is 1.